The van der Waals surface area contributed by atoms with Crippen LogP contribution in [0.1, 0.15) is 33.3 Å². The molecule has 33 heavy (non-hydrogen) atoms. The number of phenolic OH excluding ortho intramolecular Hbond substituents is 1. The zero-order valence-electron chi connectivity index (χ0n) is 17.1. The first-order valence-corrected chi connectivity index (χ1v) is 11.0. The fraction of sp³-hybridized carbons (Fsp3) is 0.120. The molecular formula is C25H16BrNO6. The summed E-state index contributed by atoms with van der Waals surface area (Å²) in [5.74, 6) is 1.03. The van der Waals surface area contributed by atoms with Crippen molar-refractivity contribution >= 4 is 32.8 Å². The topological polar surface area (TPSA) is 89.2 Å². The average molecular weight is 506 g/mol. The number of carbonyl (C=O) groups excluding carboxylic acids is 1. The van der Waals surface area contributed by atoms with Gasteiger partial charge in [-0.2, -0.15) is 0 Å². The van der Waals surface area contributed by atoms with Gasteiger partial charge in [0.05, 0.1) is 17.0 Å². The first kappa shape index (κ1) is 19.9. The number of nitrogens with zero attached hydrogens (tertiary/aromatic N) is 1. The molecule has 0 radical (unpaired) electrons. The molecule has 0 bridgehead atoms. The van der Waals surface area contributed by atoms with Crippen LogP contribution in [-0.2, 0) is 6.54 Å². The number of ether oxygens (including phenoxy) is 2. The number of carbonyl (C=O) groups is 1. The highest BCUT2D eigenvalue weighted by molar-refractivity contribution is 9.10. The van der Waals surface area contributed by atoms with Gasteiger partial charge in [0.15, 0.2) is 16.9 Å². The van der Waals surface area contributed by atoms with E-state index in [9.17, 15) is 14.7 Å². The van der Waals surface area contributed by atoms with Gasteiger partial charge in [0.2, 0.25) is 12.6 Å². The van der Waals surface area contributed by atoms with Crippen molar-refractivity contribution in [1.82, 2.24) is 4.90 Å². The summed E-state index contributed by atoms with van der Waals surface area (Å²) >= 11 is 3.40. The van der Waals surface area contributed by atoms with E-state index in [2.05, 4.69) is 15.9 Å². The van der Waals surface area contributed by atoms with Crippen LogP contribution in [0.2, 0.25) is 0 Å². The van der Waals surface area contributed by atoms with Gasteiger partial charge >= 0.3 is 0 Å². The smallest absolute Gasteiger partial charge is 0.291 e. The van der Waals surface area contributed by atoms with Gasteiger partial charge in [-0.15, -0.1) is 0 Å². The molecule has 2 aliphatic rings. The Labute approximate surface area is 195 Å². The summed E-state index contributed by atoms with van der Waals surface area (Å²) < 4.78 is 17.6. The Morgan fingerprint density at radius 2 is 1.76 bits per heavy atom. The lowest BCUT2D eigenvalue weighted by Crippen LogP contribution is -2.29. The normalized spacial score (nSPS) is 16.5. The van der Waals surface area contributed by atoms with Crippen molar-refractivity contribution in [1.29, 1.82) is 0 Å². The zero-order chi connectivity index (χ0) is 22.7. The lowest BCUT2D eigenvalue weighted by molar-refractivity contribution is 0.0714. The number of fused-ring (bicyclic) bond motifs is 3. The minimum absolute atomic E-state index is 0.0358. The third-order valence-corrected chi connectivity index (χ3v) is 6.42. The molecule has 7 nitrogen and oxygen atoms in total. The predicted octanol–water partition coefficient (Wildman–Crippen LogP) is 4.74. The monoisotopic (exact) mass is 505 g/mol. The maximum atomic E-state index is 13.6. The Balaban J connectivity index is 1.52. The maximum Gasteiger partial charge on any atom is 0.291 e. The van der Waals surface area contributed by atoms with Crippen LogP contribution in [0.4, 0.5) is 0 Å². The van der Waals surface area contributed by atoms with Gasteiger partial charge < -0.3 is 23.9 Å². The second-order valence-electron chi connectivity index (χ2n) is 7.93. The quantitative estimate of drug-likeness (QED) is 0.432. The van der Waals surface area contributed by atoms with E-state index in [0.717, 1.165) is 10.0 Å². The fourth-order valence-corrected chi connectivity index (χ4v) is 4.76. The highest BCUT2D eigenvalue weighted by Crippen LogP contribution is 2.41. The maximum absolute atomic E-state index is 13.6. The van der Waals surface area contributed by atoms with Gasteiger partial charge in [0.1, 0.15) is 11.3 Å². The molecule has 6 rings (SSSR count). The molecule has 0 spiro atoms. The third kappa shape index (κ3) is 3.17. The van der Waals surface area contributed by atoms with Crippen molar-refractivity contribution in [2.75, 3.05) is 6.79 Å². The van der Waals surface area contributed by atoms with Gasteiger partial charge in [-0.3, -0.25) is 9.59 Å². The summed E-state index contributed by atoms with van der Waals surface area (Å²) in [7, 11) is 0. The standard InChI is InChI=1S/C25H16BrNO6/c26-15-4-8-18-17(10-15)23(29)21-22(14-2-5-16(28)6-3-14)27(25(30)24(21)33-18)11-13-1-7-19-20(9-13)32-12-31-19/h1-10,22,28H,11-12H2/t22-/m1/s1. The van der Waals surface area contributed by atoms with E-state index >= 15 is 0 Å². The number of halogens is 1. The van der Waals surface area contributed by atoms with Crippen molar-refractivity contribution in [2.45, 2.75) is 12.6 Å². The second-order valence-corrected chi connectivity index (χ2v) is 8.84. The molecular weight excluding hydrogens is 490 g/mol. The molecule has 164 valence electrons. The van der Waals surface area contributed by atoms with Crippen LogP contribution < -0.4 is 14.9 Å². The molecule has 3 aromatic carbocycles. The van der Waals surface area contributed by atoms with E-state index in [1.54, 1.807) is 41.3 Å². The van der Waals surface area contributed by atoms with Crippen LogP contribution in [-0.4, -0.2) is 22.7 Å². The van der Waals surface area contributed by atoms with Crippen LogP contribution in [0.15, 0.2) is 74.3 Å². The molecule has 2 aliphatic heterocycles. The Morgan fingerprint density at radius 3 is 2.58 bits per heavy atom. The molecule has 0 fully saturated rings. The highest BCUT2D eigenvalue weighted by Gasteiger charge is 2.42. The Hall–Kier alpha value is -3.78. The Kier molecular flexibility index (Phi) is 4.45. The first-order chi connectivity index (χ1) is 16.0. The number of hydrogen-bond acceptors (Lipinski definition) is 6. The summed E-state index contributed by atoms with van der Waals surface area (Å²) in [5.41, 5.74) is 1.90. The molecule has 1 aromatic heterocycles. The number of phenols is 1. The van der Waals surface area contributed by atoms with Gasteiger partial charge in [-0.25, -0.2) is 0 Å². The summed E-state index contributed by atoms with van der Waals surface area (Å²) in [5, 5.41) is 10.2. The van der Waals surface area contributed by atoms with Crippen LogP contribution in [0.25, 0.3) is 11.0 Å². The summed E-state index contributed by atoms with van der Waals surface area (Å²) in [6.07, 6.45) is 0. The largest absolute Gasteiger partial charge is 0.508 e. The predicted molar refractivity (Wildman–Crippen MR) is 123 cm³/mol. The number of benzene rings is 3. The fourth-order valence-electron chi connectivity index (χ4n) is 4.39. The summed E-state index contributed by atoms with van der Waals surface area (Å²) in [4.78, 5) is 28.7. The summed E-state index contributed by atoms with van der Waals surface area (Å²) in [6, 6.07) is 16.4. The van der Waals surface area contributed by atoms with E-state index < -0.39 is 6.04 Å². The Morgan fingerprint density at radius 1 is 0.970 bits per heavy atom. The van der Waals surface area contributed by atoms with Crippen molar-refractivity contribution in [2.24, 2.45) is 0 Å². The lowest BCUT2D eigenvalue weighted by Gasteiger charge is -2.25. The average Bonchev–Trinajstić information content (AvgIpc) is 3.38. The van der Waals surface area contributed by atoms with Gasteiger partial charge in [-0.1, -0.05) is 34.1 Å². The number of aromatic hydroxyl groups is 1. The SMILES string of the molecule is O=C1c2oc3ccc(Br)cc3c(=O)c2[C@@H](c2ccc(O)cc2)N1Cc1ccc2c(c1)OCO2. The lowest BCUT2D eigenvalue weighted by atomic mass is 9.98. The second kappa shape index (κ2) is 7.38. The highest BCUT2D eigenvalue weighted by atomic mass is 79.9. The molecule has 0 saturated heterocycles. The molecule has 0 unspecified atom stereocenters. The number of rotatable bonds is 3. The van der Waals surface area contributed by atoms with Crippen LogP contribution in [0.5, 0.6) is 17.2 Å². The van der Waals surface area contributed by atoms with Gasteiger partial charge in [0.25, 0.3) is 5.91 Å². The van der Waals surface area contributed by atoms with Crippen LogP contribution in [0, 0.1) is 0 Å². The first-order valence-electron chi connectivity index (χ1n) is 10.2. The van der Waals surface area contributed by atoms with Crippen LogP contribution >= 0.6 is 15.9 Å². The van der Waals surface area contributed by atoms with E-state index in [-0.39, 0.29) is 41.7 Å². The third-order valence-electron chi connectivity index (χ3n) is 5.93. The van der Waals surface area contributed by atoms with E-state index in [0.29, 0.717) is 28.0 Å². The van der Waals surface area contributed by atoms with E-state index in [4.69, 9.17) is 13.9 Å². The van der Waals surface area contributed by atoms with Crippen molar-refractivity contribution in [3.63, 3.8) is 0 Å². The molecule has 1 amide bonds. The Bertz CT molecular complexity index is 1490. The number of hydrogen-bond donors (Lipinski definition) is 1. The minimum atomic E-state index is -0.668. The van der Waals surface area contributed by atoms with E-state index in [1.807, 2.05) is 12.1 Å². The van der Waals surface area contributed by atoms with Crippen LogP contribution in [0.3, 0.4) is 0 Å². The molecule has 4 aromatic rings. The minimum Gasteiger partial charge on any atom is -0.508 e. The van der Waals surface area contributed by atoms with Crippen molar-refractivity contribution in [3.8, 4) is 17.2 Å². The molecule has 8 heteroatoms. The summed E-state index contributed by atoms with van der Waals surface area (Å²) in [6.45, 7) is 0.383. The van der Waals surface area contributed by atoms with Crippen molar-refractivity contribution < 1.29 is 23.8 Å². The van der Waals surface area contributed by atoms with E-state index in [1.165, 1.54) is 12.1 Å². The molecule has 1 atom stereocenters. The molecule has 3 heterocycles. The van der Waals surface area contributed by atoms with Gasteiger partial charge in [-0.05, 0) is 53.6 Å². The molecule has 0 aliphatic carbocycles. The van der Waals surface area contributed by atoms with Crippen molar-refractivity contribution in [3.05, 3.63) is 97.8 Å². The zero-order valence-corrected chi connectivity index (χ0v) is 18.7. The molecule has 1 N–H and O–H groups in total. The molecule has 0 saturated carbocycles. The van der Waals surface area contributed by atoms with Gasteiger partial charge in [0, 0.05) is 11.0 Å². The number of amides is 1.